The lowest BCUT2D eigenvalue weighted by Gasteiger charge is -2.17. The van der Waals surface area contributed by atoms with E-state index in [4.69, 9.17) is 14.2 Å². The van der Waals surface area contributed by atoms with Gasteiger partial charge in [0.2, 0.25) is 5.75 Å². The normalized spacial score (nSPS) is 20.0. The molecular formula is C19H24N2O3. The third-order valence-electron chi connectivity index (χ3n) is 4.31. The Kier molecular flexibility index (Phi) is 5.23. The van der Waals surface area contributed by atoms with Crippen molar-refractivity contribution in [1.82, 2.24) is 10.6 Å². The summed E-state index contributed by atoms with van der Waals surface area (Å²) in [6.07, 6.45) is 1.07. The van der Waals surface area contributed by atoms with Gasteiger partial charge in [0.05, 0.1) is 27.5 Å². The second-order valence-corrected chi connectivity index (χ2v) is 5.85. The van der Waals surface area contributed by atoms with Crippen LogP contribution in [0.25, 0.3) is 0 Å². The SMILES string of the molecule is COc1cc(CC2CNC(c3ccccc3)N2)cc(OC)c1OC. The molecule has 128 valence electrons. The Morgan fingerprint density at radius 3 is 2.21 bits per heavy atom. The van der Waals surface area contributed by atoms with Crippen molar-refractivity contribution in [3.63, 3.8) is 0 Å². The van der Waals surface area contributed by atoms with Gasteiger partial charge in [0.15, 0.2) is 11.5 Å². The smallest absolute Gasteiger partial charge is 0.203 e. The molecule has 5 heteroatoms. The maximum Gasteiger partial charge on any atom is 0.203 e. The second kappa shape index (κ2) is 7.55. The van der Waals surface area contributed by atoms with Gasteiger partial charge in [-0.25, -0.2) is 0 Å². The summed E-state index contributed by atoms with van der Waals surface area (Å²) < 4.78 is 16.2. The largest absolute Gasteiger partial charge is 0.493 e. The van der Waals surface area contributed by atoms with Gasteiger partial charge in [-0.1, -0.05) is 30.3 Å². The van der Waals surface area contributed by atoms with E-state index in [-0.39, 0.29) is 6.17 Å². The van der Waals surface area contributed by atoms with Crippen LogP contribution < -0.4 is 24.8 Å². The van der Waals surface area contributed by atoms with E-state index in [0.29, 0.717) is 23.3 Å². The van der Waals surface area contributed by atoms with Gasteiger partial charge in [-0.2, -0.15) is 0 Å². The number of hydrogen-bond donors (Lipinski definition) is 2. The number of ether oxygens (including phenoxy) is 3. The average Bonchev–Trinajstić information content (AvgIpc) is 3.10. The molecule has 1 saturated heterocycles. The van der Waals surface area contributed by atoms with Crippen LogP contribution in [0.5, 0.6) is 17.2 Å². The standard InChI is InChI=1S/C19H24N2O3/c1-22-16-10-13(11-17(23-2)18(16)24-3)9-15-12-20-19(21-15)14-7-5-4-6-8-14/h4-8,10-11,15,19-21H,9,12H2,1-3H3. The van der Waals surface area contributed by atoms with Gasteiger partial charge in [0.1, 0.15) is 0 Å². The van der Waals surface area contributed by atoms with Crippen molar-refractivity contribution >= 4 is 0 Å². The summed E-state index contributed by atoms with van der Waals surface area (Å²) in [5.74, 6) is 2.01. The van der Waals surface area contributed by atoms with Gasteiger partial charge < -0.3 is 14.2 Å². The first-order chi connectivity index (χ1) is 11.7. The molecule has 2 atom stereocenters. The summed E-state index contributed by atoms with van der Waals surface area (Å²) in [6, 6.07) is 14.8. The predicted molar refractivity (Wildman–Crippen MR) is 93.9 cm³/mol. The first-order valence-corrected chi connectivity index (χ1v) is 8.08. The Bertz CT molecular complexity index is 651. The molecular weight excluding hydrogens is 304 g/mol. The van der Waals surface area contributed by atoms with Gasteiger partial charge in [0, 0.05) is 12.6 Å². The zero-order valence-electron chi connectivity index (χ0n) is 14.3. The number of methoxy groups -OCH3 is 3. The van der Waals surface area contributed by atoms with E-state index in [1.165, 1.54) is 5.56 Å². The van der Waals surface area contributed by atoms with Gasteiger partial charge >= 0.3 is 0 Å². The summed E-state index contributed by atoms with van der Waals surface area (Å²) in [7, 11) is 4.90. The summed E-state index contributed by atoms with van der Waals surface area (Å²) in [5.41, 5.74) is 2.41. The topological polar surface area (TPSA) is 51.8 Å². The minimum Gasteiger partial charge on any atom is -0.493 e. The maximum atomic E-state index is 5.43. The average molecular weight is 328 g/mol. The Labute approximate surface area is 142 Å². The van der Waals surface area contributed by atoms with Gasteiger partial charge in [-0.3, -0.25) is 10.6 Å². The van der Waals surface area contributed by atoms with Crippen LogP contribution in [0.3, 0.4) is 0 Å². The number of hydrogen-bond acceptors (Lipinski definition) is 5. The van der Waals surface area contributed by atoms with Crippen LogP contribution in [0, 0.1) is 0 Å². The van der Waals surface area contributed by atoms with Crippen LogP contribution in [0.1, 0.15) is 17.3 Å². The molecule has 0 saturated carbocycles. The van der Waals surface area contributed by atoms with Gasteiger partial charge in [-0.15, -0.1) is 0 Å². The molecule has 0 spiro atoms. The fraction of sp³-hybridized carbons (Fsp3) is 0.368. The molecule has 0 radical (unpaired) electrons. The second-order valence-electron chi connectivity index (χ2n) is 5.85. The lowest BCUT2D eigenvalue weighted by Crippen LogP contribution is -2.28. The highest BCUT2D eigenvalue weighted by Gasteiger charge is 2.25. The zero-order chi connectivity index (χ0) is 16.9. The zero-order valence-corrected chi connectivity index (χ0v) is 14.3. The monoisotopic (exact) mass is 328 g/mol. The first kappa shape index (κ1) is 16.6. The quantitative estimate of drug-likeness (QED) is 0.853. The first-order valence-electron chi connectivity index (χ1n) is 8.08. The third-order valence-corrected chi connectivity index (χ3v) is 4.31. The molecule has 0 amide bonds. The Balaban J connectivity index is 1.73. The third kappa shape index (κ3) is 3.47. The number of benzene rings is 2. The fourth-order valence-corrected chi connectivity index (χ4v) is 3.14. The summed E-state index contributed by atoms with van der Waals surface area (Å²) in [4.78, 5) is 0. The van der Waals surface area contributed by atoms with Gasteiger partial charge in [0.25, 0.3) is 0 Å². The summed E-state index contributed by atoms with van der Waals surface area (Å²) in [5, 5.41) is 7.16. The van der Waals surface area contributed by atoms with Gasteiger partial charge in [-0.05, 0) is 29.7 Å². The lowest BCUT2D eigenvalue weighted by atomic mass is 10.0. The molecule has 0 aromatic heterocycles. The van der Waals surface area contributed by atoms with E-state index in [1.807, 2.05) is 18.2 Å². The van der Waals surface area contributed by atoms with E-state index in [1.54, 1.807) is 21.3 Å². The summed E-state index contributed by atoms with van der Waals surface area (Å²) in [6.45, 7) is 0.913. The van der Waals surface area contributed by atoms with Crippen molar-refractivity contribution in [2.75, 3.05) is 27.9 Å². The van der Waals surface area contributed by atoms with Crippen LogP contribution in [0.4, 0.5) is 0 Å². The van der Waals surface area contributed by atoms with Crippen molar-refractivity contribution < 1.29 is 14.2 Å². The molecule has 1 aliphatic heterocycles. The molecule has 3 rings (SSSR count). The Hall–Kier alpha value is -2.24. The number of rotatable bonds is 6. The van der Waals surface area contributed by atoms with Crippen LogP contribution in [0.15, 0.2) is 42.5 Å². The van der Waals surface area contributed by atoms with E-state index in [2.05, 4.69) is 34.9 Å². The Morgan fingerprint density at radius 1 is 0.958 bits per heavy atom. The fourth-order valence-electron chi connectivity index (χ4n) is 3.14. The molecule has 0 aliphatic carbocycles. The minimum atomic E-state index is 0.193. The predicted octanol–water partition coefficient (Wildman–Crippen LogP) is 2.52. The lowest BCUT2D eigenvalue weighted by molar-refractivity contribution is 0.323. The van der Waals surface area contributed by atoms with Crippen molar-refractivity contribution in [3.8, 4) is 17.2 Å². The van der Waals surface area contributed by atoms with E-state index in [0.717, 1.165) is 18.5 Å². The maximum absolute atomic E-state index is 5.43. The molecule has 0 bridgehead atoms. The van der Waals surface area contributed by atoms with Crippen molar-refractivity contribution in [2.24, 2.45) is 0 Å². The van der Waals surface area contributed by atoms with Crippen LogP contribution >= 0.6 is 0 Å². The van der Waals surface area contributed by atoms with Crippen LogP contribution in [-0.4, -0.2) is 33.9 Å². The highest BCUT2D eigenvalue weighted by molar-refractivity contribution is 5.54. The molecule has 2 aromatic carbocycles. The molecule has 1 heterocycles. The minimum absolute atomic E-state index is 0.193. The number of nitrogens with one attached hydrogen (secondary N) is 2. The Morgan fingerprint density at radius 2 is 1.62 bits per heavy atom. The molecule has 2 unspecified atom stereocenters. The molecule has 2 N–H and O–H groups in total. The summed E-state index contributed by atoms with van der Waals surface area (Å²) >= 11 is 0. The van der Waals surface area contributed by atoms with Crippen molar-refractivity contribution in [1.29, 1.82) is 0 Å². The van der Waals surface area contributed by atoms with Crippen LogP contribution in [0.2, 0.25) is 0 Å². The van der Waals surface area contributed by atoms with Crippen molar-refractivity contribution in [3.05, 3.63) is 53.6 Å². The molecule has 1 aliphatic rings. The van der Waals surface area contributed by atoms with Crippen molar-refractivity contribution in [2.45, 2.75) is 18.6 Å². The van der Waals surface area contributed by atoms with E-state index in [9.17, 15) is 0 Å². The van der Waals surface area contributed by atoms with E-state index < -0.39 is 0 Å². The highest BCUT2D eigenvalue weighted by atomic mass is 16.5. The molecule has 1 fully saturated rings. The van der Waals surface area contributed by atoms with Crippen LogP contribution in [-0.2, 0) is 6.42 Å². The molecule has 5 nitrogen and oxygen atoms in total. The molecule has 2 aromatic rings. The molecule has 24 heavy (non-hydrogen) atoms. The highest BCUT2D eigenvalue weighted by Crippen LogP contribution is 2.38. The van der Waals surface area contributed by atoms with E-state index >= 15 is 0 Å².